The van der Waals surface area contributed by atoms with Crippen LogP contribution >= 0.6 is 0 Å². The summed E-state index contributed by atoms with van der Waals surface area (Å²) >= 11 is 0. The molecule has 6 heteroatoms. The van der Waals surface area contributed by atoms with Crippen LogP contribution in [0.25, 0.3) is 0 Å². The number of carbonyl (C=O) groups is 1. The van der Waals surface area contributed by atoms with Crippen LogP contribution in [0, 0.1) is 6.92 Å². The molecule has 0 bridgehead atoms. The Morgan fingerprint density at radius 1 is 1.35 bits per heavy atom. The fraction of sp³-hybridized carbons (Fsp3) is 0.353. The van der Waals surface area contributed by atoms with Crippen LogP contribution in [0.1, 0.15) is 29.0 Å². The van der Waals surface area contributed by atoms with Crippen LogP contribution in [0.2, 0.25) is 0 Å². The van der Waals surface area contributed by atoms with Gasteiger partial charge < -0.3 is 14.1 Å². The number of amides is 1. The summed E-state index contributed by atoms with van der Waals surface area (Å²) in [7, 11) is 0. The van der Waals surface area contributed by atoms with Crippen molar-refractivity contribution in [1.29, 1.82) is 0 Å². The molecule has 1 aliphatic rings. The Hall–Kier alpha value is -2.63. The lowest BCUT2D eigenvalue weighted by Crippen LogP contribution is -2.41. The molecule has 2 aromatic rings. The van der Waals surface area contributed by atoms with Gasteiger partial charge in [0.15, 0.2) is 0 Å². The van der Waals surface area contributed by atoms with Gasteiger partial charge in [-0.2, -0.15) is 0 Å². The topological polar surface area (TPSA) is 72.6 Å². The zero-order chi connectivity index (χ0) is 16.2. The molecule has 6 nitrogen and oxygen atoms in total. The van der Waals surface area contributed by atoms with Gasteiger partial charge in [-0.1, -0.05) is 0 Å². The smallest absolute Gasteiger partial charge is 0.339 e. The van der Waals surface area contributed by atoms with E-state index in [-0.39, 0.29) is 12.0 Å². The SMILES string of the molecule is Cc1cc(OC2CCN(C(=O)c3cccnc3)CC2)cc(=O)o1. The minimum Gasteiger partial charge on any atom is -0.490 e. The molecule has 0 saturated carbocycles. The molecule has 0 unspecified atom stereocenters. The maximum absolute atomic E-state index is 12.3. The van der Waals surface area contributed by atoms with Gasteiger partial charge in [0.1, 0.15) is 17.6 Å². The molecule has 3 rings (SSSR count). The third-order valence-corrected chi connectivity index (χ3v) is 3.81. The minimum absolute atomic E-state index is 0.00542. The number of carbonyl (C=O) groups excluding carboxylic acids is 1. The highest BCUT2D eigenvalue weighted by Gasteiger charge is 2.25. The first kappa shape index (κ1) is 15.3. The van der Waals surface area contributed by atoms with E-state index in [0.29, 0.717) is 30.2 Å². The fourth-order valence-electron chi connectivity index (χ4n) is 2.68. The van der Waals surface area contributed by atoms with E-state index in [1.165, 1.54) is 6.07 Å². The Labute approximate surface area is 133 Å². The van der Waals surface area contributed by atoms with Crippen molar-refractivity contribution in [3.05, 3.63) is 58.4 Å². The quantitative estimate of drug-likeness (QED) is 0.866. The molecule has 0 aliphatic carbocycles. The van der Waals surface area contributed by atoms with Crippen molar-refractivity contribution < 1.29 is 13.9 Å². The predicted octanol–water partition coefficient (Wildman–Crippen LogP) is 2.03. The Morgan fingerprint density at radius 3 is 2.78 bits per heavy atom. The van der Waals surface area contributed by atoms with Crippen molar-refractivity contribution in [2.75, 3.05) is 13.1 Å². The zero-order valence-corrected chi connectivity index (χ0v) is 12.9. The number of ether oxygens (including phenoxy) is 1. The molecule has 0 atom stereocenters. The number of piperidine rings is 1. The molecule has 0 aromatic carbocycles. The molecule has 23 heavy (non-hydrogen) atoms. The van der Waals surface area contributed by atoms with Gasteiger partial charge in [-0.05, 0) is 19.1 Å². The van der Waals surface area contributed by atoms with Crippen LogP contribution in [0.15, 0.2) is 45.9 Å². The van der Waals surface area contributed by atoms with Crippen molar-refractivity contribution in [3.8, 4) is 5.75 Å². The molecule has 1 saturated heterocycles. The lowest BCUT2D eigenvalue weighted by molar-refractivity contribution is 0.0594. The summed E-state index contributed by atoms with van der Waals surface area (Å²) in [5.41, 5.74) is 0.187. The van der Waals surface area contributed by atoms with Gasteiger partial charge in [-0.3, -0.25) is 9.78 Å². The van der Waals surface area contributed by atoms with Gasteiger partial charge in [0.25, 0.3) is 5.91 Å². The van der Waals surface area contributed by atoms with Crippen molar-refractivity contribution in [1.82, 2.24) is 9.88 Å². The second-order valence-electron chi connectivity index (χ2n) is 5.57. The maximum atomic E-state index is 12.3. The molecular weight excluding hydrogens is 296 g/mol. The Kier molecular flexibility index (Phi) is 4.41. The number of aromatic nitrogens is 1. The Morgan fingerprint density at radius 2 is 2.13 bits per heavy atom. The molecule has 120 valence electrons. The summed E-state index contributed by atoms with van der Waals surface area (Å²) in [4.78, 5) is 29.5. The van der Waals surface area contributed by atoms with Crippen LogP contribution < -0.4 is 10.4 Å². The maximum Gasteiger partial charge on any atom is 0.339 e. The van der Waals surface area contributed by atoms with E-state index in [1.807, 2.05) is 4.90 Å². The number of aryl methyl sites for hydroxylation is 1. The number of hydrogen-bond donors (Lipinski definition) is 0. The predicted molar refractivity (Wildman–Crippen MR) is 83.5 cm³/mol. The van der Waals surface area contributed by atoms with Gasteiger partial charge in [-0.25, -0.2) is 4.79 Å². The van der Waals surface area contributed by atoms with E-state index in [1.54, 1.807) is 37.5 Å². The molecular formula is C17H18N2O4. The van der Waals surface area contributed by atoms with E-state index in [0.717, 1.165) is 12.8 Å². The molecule has 3 heterocycles. The summed E-state index contributed by atoms with van der Waals surface area (Å²) in [5.74, 6) is 1.04. The van der Waals surface area contributed by atoms with Gasteiger partial charge in [0, 0.05) is 44.4 Å². The van der Waals surface area contributed by atoms with Crippen molar-refractivity contribution >= 4 is 5.91 Å². The average molecular weight is 314 g/mol. The number of likely N-dealkylation sites (tertiary alicyclic amines) is 1. The molecule has 2 aromatic heterocycles. The largest absolute Gasteiger partial charge is 0.490 e. The summed E-state index contributed by atoms with van der Waals surface area (Å²) in [5, 5.41) is 0. The Balaban J connectivity index is 1.58. The second-order valence-corrected chi connectivity index (χ2v) is 5.57. The van der Waals surface area contributed by atoms with Crippen molar-refractivity contribution in [2.45, 2.75) is 25.9 Å². The summed E-state index contributed by atoms with van der Waals surface area (Å²) in [6, 6.07) is 6.57. The first-order chi connectivity index (χ1) is 11.1. The number of nitrogens with zero attached hydrogens (tertiary/aromatic N) is 2. The van der Waals surface area contributed by atoms with E-state index >= 15 is 0 Å². The van der Waals surface area contributed by atoms with Crippen LogP contribution in [-0.4, -0.2) is 35.0 Å². The highest BCUT2D eigenvalue weighted by molar-refractivity contribution is 5.93. The third kappa shape index (κ3) is 3.77. The lowest BCUT2D eigenvalue weighted by Gasteiger charge is -2.32. The first-order valence-corrected chi connectivity index (χ1v) is 7.59. The molecule has 1 fully saturated rings. The van der Waals surface area contributed by atoms with Gasteiger partial charge >= 0.3 is 5.63 Å². The minimum atomic E-state index is -0.413. The van der Waals surface area contributed by atoms with Crippen LogP contribution in [0.4, 0.5) is 0 Å². The Bertz CT molecular complexity index is 734. The normalized spacial score (nSPS) is 15.4. The van der Waals surface area contributed by atoms with Gasteiger partial charge in [-0.15, -0.1) is 0 Å². The molecule has 0 radical (unpaired) electrons. The highest BCUT2D eigenvalue weighted by Crippen LogP contribution is 2.19. The standard InChI is InChI=1S/C17H18N2O4/c1-12-9-15(10-16(20)22-12)23-14-4-7-19(8-5-14)17(21)13-3-2-6-18-11-13/h2-3,6,9-11,14H,4-5,7-8H2,1H3. The summed E-state index contributed by atoms with van der Waals surface area (Å²) in [6.07, 6.45) is 4.68. The summed E-state index contributed by atoms with van der Waals surface area (Å²) in [6.45, 7) is 2.96. The molecule has 0 N–H and O–H groups in total. The number of pyridine rings is 1. The summed E-state index contributed by atoms with van der Waals surface area (Å²) < 4.78 is 10.8. The number of hydrogen-bond acceptors (Lipinski definition) is 5. The lowest BCUT2D eigenvalue weighted by atomic mass is 10.1. The first-order valence-electron chi connectivity index (χ1n) is 7.59. The number of rotatable bonds is 3. The molecule has 0 spiro atoms. The van der Waals surface area contributed by atoms with Crippen molar-refractivity contribution in [3.63, 3.8) is 0 Å². The highest BCUT2D eigenvalue weighted by atomic mass is 16.5. The van der Waals surface area contributed by atoms with E-state index in [4.69, 9.17) is 9.15 Å². The molecule has 1 aliphatic heterocycles. The van der Waals surface area contributed by atoms with Gasteiger partial charge in [0.2, 0.25) is 0 Å². The molecule has 1 amide bonds. The van der Waals surface area contributed by atoms with Gasteiger partial charge in [0.05, 0.1) is 11.6 Å². The van der Waals surface area contributed by atoms with Crippen LogP contribution in [0.3, 0.4) is 0 Å². The monoisotopic (exact) mass is 314 g/mol. The average Bonchev–Trinajstić information content (AvgIpc) is 2.55. The van der Waals surface area contributed by atoms with Crippen LogP contribution in [0.5, 0.6) is 5.75 Å². The van der Waals surface area contributed by atoms with E-state index in [9.17, 15) is 9.59 Å². The van der Waals surface area contributed by atoms with E-state index in [2.05, 4.69) is 4.98 Å². The zero-order valence-electron chi connectivity index (χ0n) is 12.9. The van der Waals surface area contributed by atoms with Crippen LogP contribution in [-0.2, 0) is 0 Å². The second kappa shape index (κ2) is 6.64. The van der Waals surface area contributed by atoms with Crippen molar-refractivity contribution in [2.24, 2.45) is 0 Å². The third-order valence-electron chi connectivity index (χ3n) is 3.81. The fourth-order valence-corrected chi connectivity index (χ4v) is 2.68. The van der Waals surface area contributed by atoms with E-state index < -0.39 is 5.63 Å².